The van der Waals surface area contributed by atoms with Gasteiger partial charge in [0.05, 0.1) is 27.0 Å². The summed E-state index contributed by atoms with van der Waals surface area (Å²) in [6, 6.07) is 18.5. The number of carbonyl (C=O) groups excluding carboxylic acids is 1. The monoisotopic (exact) mass is 560 g/mol. The standard InChI is InChI=1S/C25H25IN2O5/c1-4-32-24-11-18(7-10-23(24)33-16-17-5-8-20(26)9-6-17)15-27-28-25(29)19-12-21(30-2)14-22(13-19)31-3/h5-15H,4,16H2,1-3H3,(H,28,29)/b27-15-. The van der Waals surface area contributed by atoms with E-state index in [1.807, 2.05) is 49.4 Å². The van der Waals surface area contributed by atoms with Gasteiger partial charge in [0.2, 0.25) is 0 Å². The maximum Gasteiger partial charge on any atom is 0.271 e. The first-order chi connectivity index (χ1) is 16.0. The first kappa shape index (κ1) is 24.4. The van der Waals surface area contributed by atoms with Crippen LogP contribution < -0.4 is 24.4 Å². The molecule has 0 radical (unpaired) electrons. The van der Waals surface area contributed by atoms with Crippen molar-refractivity contribution in [1.82, 2.24) is 5.43 Å². The molecule has 0 aliphatic carbocycles. The average molecular weight is 560 g/mol. The van der Waals surface area contributed by atoms with Gasteiger partial charge in [0.15, 0.2) is 11.5 Å². The number of hydrogen-bond donors (Lipinski definition) is 1. The Kier molecular flexibility index (Phi) is 8.94. The van der Waals surface area contributed by atoms with Crippen LogP contribution >= 0.6 is 22.6 Å². The lowest BCUT2D eigenvalue weighted by molar-refractivity contribution is 0.0954. The third kappa shape index (κ3) is 7.11. The van der Waals surface area contributed by atoms with Gasteiger partial charge >= 0.3 is 0 Å². The number of halogens is 1. The number of benzene rings is 3. The van der Waals surface area contributed by atoms with Crippen LogP contribution in [0.3, 0.4) is 0 Å². The van der Waals surface area contributed by atoms with Crippen molar-refractivity contribution in [2.24, 2.45) is 5.10 Å². The molecule has 33 heavy (non-hydrogen) atoms. The van der Waals surface area contributed by atoms with Crippen molar-refractivity contribution < 1.29 is 23.7 Å². The maximum atomic E-state index is 12.5. The smallest absolute Gasteiger partial charge is 0.271 e. The van der Waals surface area contributed by atoms with E-state index in [2.05, 4.69) is 33.1 Å². The van der Waals surface area contributed by atoms with Gasteiger partial charge in [0, 0.05) is 15.2 Å². The summed E-state index contributed by atoms with van der Waals surface area (Å²) in [5, 5.41) is 4.06. The van der Waals surface area contributed by atoms with Crippen LogP contribution in [0.2, 0.25) is 0 Å². The van der Waals surface area contributed by atoms with Gasteiger partial charge in [0.1, 0.15) is 18.1 Å². The molecular weight excluding hydrogens is 535 g/mol. The van der Waals surface area contributed by atoms with Crippen LogP contribution in [0.4, 0.5) is 0 Å². The van der Waals surface area contributed by atoms with Crippen LogP contribution in [0.5, 0.6) is 23.0 Å². The lowest BCUT2D eigenvalue weighted by atomic mass is 10.2. The highest BCUT2D eigenvalue weighted by atomic mass is 127. The summed E-state index contributed by atoms with van der Waals surface area (Å²) in [6.45, 7) is 2.84. The van der Waals surface area contributed by atoms with Crippen molar-refractivity contribution in [1.29, 1.82) is 0 Å². The predicted molar refractivity (Wildman–Crippen MR) is 136 cm³/mol. The molecule has 0 heterocycles. The quantitative estimate of drug-likeness (QED) is 0.213. The molecule has 0 bridgehead atoms. The molecular formula is C25H25IN2O5. The van der Waals surface area contributed by atoms with E-state index in [9.17, 15) is 4.79 Å². The molecule has 0 unspecified atom stereocenters. The largest absolute Gasteiger partial charge is 0.497 e. The molecule has 1 amide bonds. The van der Waals surface area contributed by atoms with Crippen LogP contribution in [0.1, 0.15) is 28.4 Å². The Hall–Kier alpha value is -3.27. The Morgan fingerprint density at radius 1 is 0.939 bits per heavy atom. The van der Waals surface area contributed by atoms with Crippen LogP contribution in [-0.2, 0) is 6.61 Å². The molecule has 0 aliphatic heterocycles. The minimum Gasteiger partial charge on any atom is -0.497 e. The highest BCUT2D eigenvalue weighted by molar-refractivity contribution is 14.1. The number of hydrazone groups is 1. The molecule has 0 aliphatic rings. The van der Waals surface area contributed by atoms with Gasteiger partial charge < -0.3 is 18.9 Å². The normalized spacial score (nSPS) is 10.7. The highest BCUT2D eigenvalue weighted by Crippen LogP contribution is 2.29. The molecule has 7 nitrogen and oxygen atoms in total. The third-order valence-corrected chi connectivity index (χ3v) is 5.29. The van der Waals surface area contributed by atoms with Crippen LogP contribution in [0.25, 0.3) is 0 Å². The number of carbonyl (C=O) groups is 1. The van der Waals surface area contributed by atoms with Gasteiger partial charge in [-0.05, 0) is 83.1 Å². The summed E-state index contributed by atoms with van der Waals surface area (Å²) in [5.74, 6) is 1.90. The fourth-order valence-corrected chi connectivity index (χ4v) is 3.26. The zero-order valence-corrected chi connectivity index (χ0v) is 20.8. The lowest BCUT2D eigenvalue weighted by Gasteiger charge is -2.12. The molecule has 3 aromatic rings. The van der Waals surface area contributed by atoms with Crippen LogP contribution in [-0.4, -0.2) is 32.9 Å². The molecule has 8 heteroatoms. The van der Waals surface area contributed by atoms with E-state index >= 15 is 0 Å². The Balaban J connectivity index is 1.67. The SMILES string of the molecule is CCOc1cc(/C=N\NC(=O)c2cc(OC)cc(OC)c2)ccc1OCc1ccc(I)cc1. The van der Waals surface area contributed by atoms with E-state index in [4.69, 9.17) is 18.9 Å². The zero-order valence-electron chi connectivity index (χ0n) is 18.6. The van der Waals surface area contributed by atoms with E-state index < -0.39 is 0 Å². The van der Waals surface area contributed by atoms with E-state index in [1.54, 1.807) is 24.4 Å². The van der Waals surface area contributed by atoms with Crippen molar-refractivity contribution in [3.05, 3.63) is 80.9 Å². The number of hydrogen-bond acceptors (Lipinski definition) is 6. The van der Waals surface area contributed by atoms with Crippen molar-refractivity contribution in [2.45, 2.75) is 13.5 Å². The Bertz CT molecular complexity index is 1090. The predicted octanol–water partition coefficient (Wildman–Crippen LogP) is 5.05. The first-order valence-corrected chi connectivity index (χ1v) is 11.3. The Morgan fingerprint density at radius 3 is 2.27 bits per heavy atom. The van der Waals surface area contributed by atoms with Gasteiger partial charge in [-0.2, -0.15) is 5.10 Å². The summed E-state index contributed by atoms with van der Waals surface area (Å²) in [5.41, 5.74) is 4.71. The summed E-state index contributed by atoms with van der Waals surface area (Å²) in [7, 11) is 3.05. The lowest BCUT2D eigenvalue weighted by Crippen LogP contribution is -2.17. The number of ether oxygens (including phenoxy) is 4. The van der Waals surface area contributed by atoms with Crippen molar-refractivity contribution in [3.63, 3.8) is 0 Å². The Morgan fingerprint density at radius 2 is 1.64 bits per heavy atom. The first-order valence-electron chi connectivity index (χ1n) is 10.2. The van der Waals surface area contributed by atoms with Crippen molar-refractivity contribution in [3.8, 4) is 23.0 Å². The second-order valence-corrected chi connectivity index (χ2v) is 8.10. The number of methoxy groups -OCH3 is 2. The number of nitrogens with zero attached hydrogens (tertiary/aromatic N) is 1. The number of rotatable bonds is 10. The molecule has 0 spiro atoms. The molecule has 3 rings (SSSR count). The van der Waals surface area contributed by atoms with Gasteiger partial charge in [-0.15, -0.1) is 0 Å². The van der Waals surface area contributed by atoms with Gasteiger partial charge in [-0.3, -0.25) is 4.79 Å². The minimum absolute atomic E-state index is 0.373. The molecule has 1 N–H and O–H groups in total. The summed E-state index contributed by atoms with van der Waals surface area (Å²) >= 11 is 2.27. The van der Waals surface area contributed by atoms with Crippen molar-refractivity contribution >= 4 is 34.7 Å². The number of nitrogens with one attached hydrogen (secondary N) is 1. The summed E-state index contributed by atoms with van der Waals surface area (Å²) < 4.78 is 23.2. The highest BCUT2D eigenvalue weighted by Gasteiger charge is 2.10. The van der Waals surface area contributed by atoms with Crippen LogP contribution in [0.15, 0.2) is 65.8 Å². The topological polar surface area (TPSA) is 78.4 Å². The minimum atomic E-state index is -0.383. The third-order valence-electron chi connectivity index (χ3n) is 4.57. The second kappa shape index (κ2) is 12.1. The molecule has 172 valence electrons. The maximum absolute atomic E-state index is 12.5. The number of amides is 1. The molecule has 0 aromatic heterocycles. The molecule has 3 aromatic carbocycles. The average Bonchev–Trinajstić information content (AvgIpc) is 2.84. The fourth-order valence-electron chi connectivity index (χ4n) is 2.90. The zero-order chi connectivity index (χ0) is 23.6. The van der Waals surface area contributed by atoms with E-state index in [1.165, 1.54) is 17.8 Å². The molecule has 0 fully saturated rings. The van der Waals surface area contributed by atoms with Gasteiger partial charge in [0.25, 0.3) is 5.91 Å². The van der Waals surface area contributed by atoms with Crippen molar-refractivity contribution in [2.75, 3.05) is 20.8 Å². The van der Waals surface area contributed by atoms with E-state index in [0.717, 1.165) is 11.1 Å². The fraction of sp³-hybridized carbons (Fsp3) is 0.200. The molecule has 0 atom stereocenters. The molecule has 0 saturated heterocycles. The second-order valence-electron chi connectivity index (χ2n) is 6.85. The summed E-state index contributed by atoms with van der Waals surface area (Å²) in [4.78, 5) is 12.5. The summed E-state index contributed by atoms with van der Waals surface area (Å²) in [6.07, 6.45) is 1.54. The van der Waals surface area contributed by atoms with Gasteiger partial charge in [-0.1, -0.05) is 12.1 Å². The van der Waals surface area contributed by atoms with Gasteiger partial charge in [-0.25, -0.2) is 5.43 Å². The van der Waals surface area contributed by atoms with E-state index in [-0.39, 0.29) is 5.91 Å². The molecule has 0 saturated carbocycles. The Labute approximate surface area is 206 Å². The van der Waals surface area contributed by atoms with Crippen LogP contribution in [0, 0.1) is 3.57 Å². The van der Waals surface area contributed by atoms with E-state index in [0.29, 0.717) is 41.8 Å².